The molecule has 2 nitrogen and oxygen atoms in total. The van der Waals surface area contributed by atoms with E-state index in [2.05, 4.69) is 24.3 Å². The second kappa shape index (κ2) is 6.85. The lowest BCUT2D eigenvalue weighted by Crippen LogP contribution is -2.11. The first-order chi connectivity index (χ1) is 12.7. The van der Waals surface area contributed by atoms with Crippen molar-refractivity contribution < 1.29 is 0 Å². The Bertz CT molecular complexity index is 1080. The molecule has 0 N–H and O–H groups in total. The van der Waals surface area contributed by atoms with Gasteiger partial charge in [-0.1, -0.05) is 84.9 Å². The van der Waals surface area contributed by atoms with Gasteiger partial charge in [-0.15, -0.1) is 0 Å². The predicted octanol–water partition coefficient (Wildman–Crippen LogP) is 5.39. The van der Waals surface area contributed by atoms with E-state index in [4.69, 9.17) is 0 Å². The van der Waals surface area contributed by atoms with Gasteiger partial charge >= 0.3 is 0 Å². The van der Waals surface area contributed by atoms with Crippen LogP contribution in [0.4, 0.5) is 0 Å². The second-order valence-electron chi connectivity index (χ2n) is 6.39. The van der Waals surface area contributed by atoms with Crippen LogP contribution in [0.15, 0.2) is 102 Å². The van der Waals surface area contributed by atoms with E-state index in [0.29, 0.717) is 5.56 Å². The van der Waals surface area contributed by atoms with E-state index in [1.807, 2.05) is 84.7 Å². The number of hydrogen-bond donors (Lipinski definition) is 0. The lowest BCUT2D eigenvalue weighted by atomic mass is 9.98. The summed E-state index contributed by atoms with van der Waals surface area (Å²) in [5.41, 5.74) is 5.68. The first-order valence-electron chi connectivity index (χ1n) is 8.64. The summed E-state index contributed by atoms with van der Waals surface area (Å²) in [6.45, 7) is 0. The smallest absolute Gasteiger partial charge is 0.197 e. The Hall–Kier alpha value is -3.39. The van der Waals surface area contributed by atoms with E-state index in [1.165, 1.54) is 5.56 Å². The molecule has 0 atom stereocenters. The van der Waals surface area contributed by atoms with Crippen molar-refractivity contribution in [2.24, 2.45) is 7.05 Å². The van der Waals surface area contributed by atoms with Gasteiger partial charge < -0.3 is 4.57 Å². The van der Waals surface area contributed by atoms with Crippen molar-refractivity contribution in [3.8, 4) is 33.4 Å². The highest BCUT2D eigenvalue weighted by molar-refractivity contribution is 5.74. The third-order valence-electron chi connectivity index (χ3n) is 4.54. The average Bonchev–Trinajstić information content (AvgIpc) is 2.71. The summed E-state index contributed by atoms with van der Waals surface area (Å²) in [6.07, 6.45) is 3.78. The standard InChI is InChI=1S/C24H19NO/c1-25-16-22(20-10-6-3-7-11-20)24(26)23(17-25)21-14-12-19(13-15-21)18-8-4-2-5-9-18/h2-17H,1H3. The van der Waals surface area contributed by atoms with Gasteiger partial charge in [0.2, 0.25) is 0 Å². The Kier molecular flexibility index (Phi) is 4.24. The molecule has 0 fully saturated rings. The van der Waals surface area contributed by atoms with Crippen LogP contribution in [0.5, 0.6) is 0 Å². The molecular weight excluding hydrogens is 318 g/mol. The highest BCUT2D eigenvalue weighted by atomic mass is 16.1. The summed E-state index contributed by atoms with van der Waals surface area (Å²) in [5.74, 6) is 0. The number of rotatable bonds is 3. The lowest BCUT2D eigenvalue weighted by molar-refractivity contribution is 0.904. The molecule has 0 aliphatic heterocycles. The number of aromatic nitrogens is 1. The Morgan fingerprint density at radius 3 is 1.46 bits per heavy atom. The molecule has 0 bridgehead atoms. The molecule has 0 radical (unpaired) electrons. The number of benzene rings is 3. The Morgan fingerprint density at radius 2 is 0.923 bits per heavy atom. The first-order valence-corrected chi connectivity index (χ1v) is 8.64. The van der Waals surface area contributed by atoms with Gasteiger partial charge in [0.1, 0.15) is 0 Å². The molecule has 3 aromatic carbocycles. The van der Waals surface area contributed by atoms with Gasteiger partial charge in [-0.05, 0) is 22.3 Å². The van der Waals surface area contributed by atoms with Gasteiger partial charge in [-0.2, -0.15) is 0 Å². The average molecular weight is 337 g/mol. The van der Waals surface area contributed by atoms with Crippen molar-refractivity contribution in [3.05, 3.63) is 108 Å². The van der Waals surface area contributed by atoms with Gasteiger partial charge in [-0.25, -0.2) is 0 Å². The molecule has 0 saturated carbocycles. The maximum absolute atomic E-state index is 13.1. The molecule has 2 heteroatoms. The van der Waals surface area contributed by atoms with Crippen molar-refractivity contribution in [2.45, 2.75) is 0 Å². The lowest BCUT2D eigenvalue weighted by Gasteiger charge is -2.10. The highest BCUT2D eigenvalue weighted by Gasteiger charge is 2.11. The van der Waals surface area contributed by atoms with Crippen LogP contribution in [0.25, 0.3) is 33.4 Å². The highest BCUT2D eigenvalue weighted by Crippen LogP contribution is 2.25. The van der Waals surface area contributed by atoms with Gasteiger partial charge in [0, 0.05) is 30.6 Å². The van der Waals surface area contributed by atoms with Crippen LogP contribution in [-0.2, 0) is 7.05 Å². The van der Waals surface area contributed by atoms with E-state index in [-0.39, 0.29) is 5.43 Å². The largest absolute Gasteiger partial charge is 0.356 e. The minimum absolute atomic E-state index is 0.0572. The minimum atomic E-state index is 0.0572. The van der Waals surface area contributed by atoms with E-state index >= 15 is 0 Å². The summed E-state index contributed by atoms with van der Waals surface area (Å²) < 4.78 is 1.95. The van der Waals surface area contributed by atoms with Crippen LogP contribution in [0.2, 0.25) is 0 Å². The third kappa shape index (κ3) is 3.09. The summed E-state index contributed by atoms with van der Waals surface area (Å²) in [4.78, 5) is 13.1. The molecule has 0 spiro atoms. The molecule has 26 heavy (non-hydrogen) atoms. The number of hydrogen-bond acceptors (Lipinski definition) is 1. The van der Waals surface area contributed by atoms with Gasteiger partial charge in [0.25, 0.3) is 0 Å². The Balaban J connectivity index is 1.79. The molecule has 0 aliphatic carbocycles. The van der Waals surface area contributed by atoms with Crippen molar-refractivity contribution in [3.63, 3.8) is 0 Å². The fraction of sp³-hybridized carbons (Fsp3) is 0.0417. The van der Waals surface area contributed by atoms with Gasteiger partial charge in [0.15, 0.2) is 5.43 Å². The predicted molar refractivity (Wildman–Crippen MR) is 108 cm³/mol. The fourth-order valence-electron chi connectivity index (χ4n) is 3.21. The van der Waals surface area contributed by atoms with Crippen molar-refractivity contribution in [2.75, 3.05) is 0 Å². The zero-order chi connectivity index (χ0) is 17.9. The van der Waals surface area contributed by atoms with Crippen LogP contribution >= 0.6 is 0 Å². The van der Waals surface area contributed by atoms with Gasteiger partial charge in [0.05, 0.1) is 0 Å². The first kappa shape index (κ1) is 16.1. The third-order valence-corrected chi connectivity index (χ3v) is 4.54. The van der Waals surface area contributed by atoms with Crippen molar-refractivity contribution in [1.82, 2.24) is 4.57 Å². The van der Waals surface area contributed by atoms with Crippen LogP contribution in [0.3, 0.4) is 0 Å². The topological polar surface area (TPSA) is 22.0 Å². The van der Waals surface area contributed by atoms with Crippen LogP contribution in [-0.4, -0.2) is 4.57 Å². The summed E-state index contributed by atoms with van der Waals surface area (Å²) in [5, 5.41) is 0. The summed E-state index contributed by atoms with van der Waals surface area (Å²) in [6, 6.07) is 28.2. The maximum atomic E-state index is 13.1. The molecule has 0 aliphatic rings. The van der Waals surface area contributed by atoms with E-state index in [9.17, 15) is 4.79 Å². The van der Waals surface area contributed by atoms with E-state index in [1.54, 1.807) is 0 Å². The normalized spacial score (nSPS) is 10.7. The van der Waals surface area contributed by atoms with Crippen molar-refractivity contribution >= 4 is 0 Å². The van der Waals surface area contributed by atoms with Crippen LogP contribution in [0, 0.1) is 0 Å². The van der Waals surface area contributed by atoms with Crippen molar-refractivity contribution in [1.29, 1.82) is 0 Å². The second-order valence-corrected chi connectivity index (χ2v) is 6.39. The van der Waals surface area contributed by atoms with E-state index < -0.39 is 0 Å². The Morgan fingerprint density at radius 1 is 0.538 bits per heavy atom. The Labute approximate surface area is 153 Å². The minimum Gasteiger partial charge on any atom is -0.356 e. The SMILES string of the molecule is Cn1cc(-c2ccccc2)c(=O)c(-c2ccc(-c3ccccc3)cc2)c1. The number of aryl methyl sites for hydroxylation is 1. The number of pyridine rings is 1. The molecule has 0 unspecified atom stereocenters. The fourth-order valence-corrected chi connectivity index (χ4v) is 3.21. The molecule has 0 amide bonds. The summed E-state index contributed by atoms with van der Waals surface area (Å²) in [7, 11) is 1.95. The number of nitrogens with zero attached hydrogens (tertiary/aromatic N) is 1. The quantitative estimate of drug-likeness (QED) is 0.491. The van der Waals surface area contributed by atoms with Crippen LogP contribution in [0.1, 0.15) is 0 Å². The van der Waals surface area contributed by atoms with Gasteiger partial charge in [-0.3, -0.25) is 4.79 Å². The molecule has 126 valence electrons. The molecule has 0 saturated heterocycles. The maximum Gasteiger partial charge on any atom is 0.197 e. The molecule has 1 aromatic heterocycles. The van der Waals surface area contributed by atoms with E-state index in [0.717, 1.165) is 22.3 Å². The molecule has 1 heterocycles. The zero-order valence-corrected chi connectivity index (χ0v) is 14.6. The van der Waals surface area contributed by atoms with Crippen LogP contribution < -0.4 is 5.43 Å². The molecule has 4 aromatic rings. The summed E-state index contributed by atoms with van der Waals surface area (Å²) >= 11 is 0. The molecular formula is C24H19NO. The monoisotopic (exact) mass is 337 g/mol. The molecule has 4 rings (SSSR count). The zero-order valence-electron chi connectivity index (χ0n) is 14.6.